The molecule has 2 aliphatic rings. The number of hydrogen-bond acceptors (Lipinski definition) is 16. The molecule has 264 valence electrons. The number of carbonyl (C=O) groups is 2. The van der Waals surface area contributed by atoms with Crippen LogP contribution in [0.5, 0.6) is 0 Å². The fourth-order valence-corrected chi connectivity index (χ4v) is 4.59. The van der Waals surface area contributed by atoms with Gasteiger partial charge in [-0.05, 0) is 0 Å². The highest BCUT2D eigenvalue weighted by atomic mass is 16.7. The maximum Gasteiger partial charge on any atom is 0.217 e. The van der Waals surface area contributed by atoms with Crippen molar-refractivity contribution in [1.29, 1.82) is 0 Å². The summed E-state index contributed by atoms with van der Waals surface area (Å²) in [6, 6.07) is -2.04. The summed E-state index contributed by atoms with van der Waals surface area (Å²) in [5, 5.41) is 64.3. The first kappa shape index (κ1) is 39.6. The molecule has 11 atom stereocenters. The zero-order valence-corrected chi connectivity index (χ0v) is 25.9. The Morgan fingerprint density at radius 3 is 1.53 bits per heavy atom. The molecule has 45 heavy (non-hydrogen) atoms. The van der Waals surface area contributed by atoms with Gasteiger partial charge in [-0.3, -0.25) is 9.59 Å². The Bertz CT molecular complexity index is 843. The molecule has 2 saturated heterocycles. The van der Waals surface area contributed by atoms with Crippen LogP contribution in [-0.2, 0) is 47.5 Å². The molecule has 0 aromatic rings. The molecular weight excluding hydrogens is 608 g/mol. The highest BCUT2D eigenvalue weighted by Crippen LogP contribution is 2.23. The average Bonchev–Trinajstić information content (AvgIpc) is 3.00. The van der Waals surface area contributed by atoms with E-state index in [9.17, 15) is 40.2 Å². The topological polar surface area (TPSA) is 253 Å². The molecule has 18 nitrogen and oxygen atoms in total. The zero-order valence-electron chi connectivity index (χ0n) is 25.9. The molecule has 2 aliphatic heterocycles. The van der Waals surface area contributed by atoms with Gasteiger partial charge in [0, 0.05) is 19.8 Å². The van der Waals surface area contributed by atoms with E-state index < -0.39 is 86.3 Å². The minimum atomic E-state index is -1.39. The molecule has 0 aliphatic carbocycles. The fourth-order valence-electron chi connectivity index (χ4n) is 4.59. The predicted molar refractivity (Wildman–Crippen MR) is 150 cm³/mol. The molecule has 2 fully saturated rings. The Hall–Kier alpha value is -1.62. The van der Waals surface area contributed by atoms with E-state index in [1.807, 2.05) is 6.92 Å². The number of amides is 2. The Balaban J connectivity index is 1.50. The van der Waals surface area contributed by atoms with Gasteiger partial charge in [-0.1, -0.05) is 6.92 Å². The first-order chi connectivity index (χ1) is 21.5. The Morgan fingerprint density at radius 2 is 1.07 bits per heavy atom. The van der Waals surface area contributed by atoms with Gasteiger partial charge < -0.3 is 79.2 Å². The SMILES string of the molecule is CC(=O)N[C@H]1C(O)[C@@H](O)C(CO)O[C@H]1OCCOCCOCC(C)COCOCCO[C@@H]1OC(CO)[C@H](O)C(O)[C@@H]1NC(C)=O. The summed E-state index contributed by atoms with van der Waals surface area (Å²) in [5.74, 6) is -0.831. The molecule has 0 aromatic heterocycles. The maximum absolute atomic E-state index is 11.5. The third-order valence-corrected chi connectivity index (χ3v) is 6.86. The highest BCUT2D eigenvalue weighted by Gasteiger charge is 2.46. The van der Waals surface area contributed by atoms with Gasteiger partial charge in [-0.25, -0.2) is 0 Å². The molecule has 0 spiro atoms. The van der Waals surface area contributed by atoms with Crippen LogP contribution in [0.15, 0.2) is 0 Å². The van der Waals surface area contributed by atoms with E-state index in [0.717, 1.165) is 0 Å². The minimum Gasteiger partial charge on any atom is -0.394 e. The smallest absolute Gasteiger partial charge is 0.217 e. The average molecular weight is 659 g/mol. The minimum absolute atomic E-state index is 0.0133. The Morgan fingerprint density at radius 1 is 0.644 bits per heavy atom. The lowest BCUT2D eigenvalue weighted by molar-refractivity contribution is -0.273. The molecule has 2 amide bonds. The van der Waals surface area contributed by atoms with Crippen LogP contribution in [0.2, 0.25) is 0 Å². The lowest BCUT2D eigenvalue weighted by Gasteiger charge is -2.42. The maximum atomic E-state index is 11.5. The summed E-state index contributed by atoms with van der Waals surface area (Å²) in [7, 11) is 0. The number of hydrogen-bond donors (Lipinski definition) is 8. The van der Waals surface area contributed by atoms with Crippen LogP contribution in [0.4, 0.5) is 0 Å². The summed E-state index contributed by atoms with van der Waals surface area (Å²) >= 11 is 0. The lowest BCUT2D eigenvalue weighted by Crippen LogP contribution is -2.64. The molecule has 8 N–H and O–H groups in total. The van der Waals surface area contributed by atoms with E-state index in [0.29, 0.717) is 19.8 Å². The van der Waals surface area contributed by atoms with E-state index in [4.69, 9.17) is 37.9 Å². The fraction of sp³-hybridized carbons (Fsp3) is 0.926. The highest BCUT2D eigenvalue weighted by molar-refractivity contribution is 5.73. The quantitative estimate of drug-likeness (QED) is 0.0428. The van der Waals surface area contributed by atoms with Gasteiger partial charge in [0.15, 0.2) is 12.6 Å². The van der Waals surface area contributed by atoms with Crippen molar-refractivity contribution >= 4 is 11.8 Å². The van der Waals surface area contributed by atoms with Gasteiger partial charge >= 0.3 is 0 Å². The van der Waals surface area contributed by atoms with Crippen molar-refractivity contribution in [2.45, 2.75) is 82.1 Å². The van der Waals surface area contributed by atoms with Crippen LogP contribution in [0.3, 0.4) is 0 Å². The third kappa shape index (κ3) is 13.6. The summed E-state index contributed by atoms with van der Waals surface area (Å²) in [6.07, 6.45) is -9.86. The van der Waals surface area contributed by atoms with E-state index >= 15 is 0 Å². The van der Waals surface area contributed by atoms with Crippen molar-refractivity contribution in [3.05, 3.63) is 0 Å². The molecule has 0 aromatic carbocycles. The monoisotopic (exact) mass is 658 g/mol. The van der Waals surface area contributed by atoms with Crippen molar-refractivity contribution < 1.29 is 78.1 Å². The number of rotatable bonds is 21. The first-order valence-corrected chi connectivity index (χ1v) is 14.8. The van der Waals surface area contributed by atoms with Gasteiger partial charge in [0.1, 0.15) is 55.5 Å². The number of aliphatic hydroxyl groups is 6. The van der Waals surface area contributed by atoms with Gasteiger partial charge in [0.25, 0.3) is 0 Å². The second-order valence-corrected chi connectivity index (χ2v) is 10.8. The van der Waals surface area contributed by atoms with E-state index in [1.54, 1.807) is 0 Å². The second-order valence-electron chi connectivity index (χ2n) is 10.8. The number of ether oxygens (including phenoxy) is 8. The van der Waals surface area contributed by atoms with Crippen LogP contribution in [0.1, 0.15) is 20.8 Å². The standard InChI is InChI=1S/C27H50N2O16/c1-15(13-41-14-40-7-9-43-27-21(29-17(3)33)25(37)23(35)19(11-31)45-27)12-39-5-4-38-6-8-42-26-20(28-16(2)32)24(36)22(34)18(10-30)44-26/h15,18-27,30-31,34-37H,4-14H2,1-3H3,(H,28,32)(H,29,33)/t15?,18?,19?,20-,21-,22-,23-,24?,25?,26+,27+/m0/s1. The zero-order chi connectivity index (χ0) is 33.4. The van der Waals surface area contributed by atoms with Crippen LogP contribution in [-0.4, -0.2) is 177 Å². The van der Waals surface area contributed by atoms with Crippen molar-refractivity contribution in [1.82, 2.24) is 10.6 Å². The molecule has 18 heteroatoms. The molecule has 5 unspecified atom stereocenters. The third-order valence-electron chi connectivity index (χ3n) is 6.86. The van der Waals surface area contributed by atoms with Crippen LogP contribution < -0.4 is 10.6 Å². The van der Waals surface area contributed by atoms with Crippen molar-refractivity contribution in [3.63, 3.8) is 0 Å². The van der Waals surface area contributed by atoms with Crippen molar-refractivity contribution in [2.24, 2.45) is 5.92 Å². The normalized spacial score (nSPS) is 32.6. The first-order valence-electron chi connectivity index (χ1n) is 14.8. The molecular formula is C27H50N2O16. The van der Waals surface area contributed by atoms with Crippen LogP contribution in [0.25, 0.3) is 0 Å². The van der Waals surface area contributed by atoms with E-state index in [-0.39, 0.29) is 45.7 Å². The van der Waals surface area contributed by atoms with Crippen molar-refractivity contribution in [3.8, 4) is 0 Å². The van der Waals surface area contributed by atoms with E-state index in [2.05, 4.69) is 10.6 Å². The summed E-state index contributed by atoms with van der Waals surface area (Å²) in [5.41, 5.74) is 0. The lowest BCUT2D eigenvalue weighted by atomic mass is 9.97. The molecule has 0 saturated carbocycles. The van der Waals surface area contributed by atoms with Gasteiger partial charge in [-0.2, -0.15) is 0 Å². The second kappa shape index (κ2) is 21.3. The Kier molecular flexibility index (Phi) is 18.7. The van der Waals surface area contributed by atoms with E-state index in [1.165, 1.54) is 13.8 Å². The van der Waals surface area contributed by atoms with Gasteiger partial charge in [0.05, 0.1) is 66.1 Å². The summed E-state index contributed by atoms with van der Waals surface area (Å²) < 4.78 is 43.9. The molecule has 0 radical (unpaired) electrons. The number of nitrogens with one attached hydrogen (secondary N) is 2. The van der Waals surface area contributed by atoms with Crippen molar-refractivity contribution in [2.75, 3.05) is 72.9 Å². The van der Waals surface area contributed by atoms with Crippen LogP contribution >= 0.6 is 0 Å². The predicted octanol–water partition coefficient (Wildman–Crippen LogP) is -4.43. The number of carbonyl (C=O) groups excluding carboxylic acids is 2. The summed E-state index contributed by atoms with van der Waals surface area (Å²) in [4.78, 5) is 22.9. The largest absolute Gasteiger partial charge is 0.394 e. The molecule has 2 rings (SSSR count). The molecule has 2 heterocycles. The van der Waals surface area contributed by atoms with Gasteiger partial charge in [-0.15, -0.1) is 0 Å². The summed E-state index contributed by atoms with van der Waals surface area (Å²) in [6.45, 7) is 5.11. The van der Waals surface area contributed by atoms with Crippen LogP contribution in [0, 0.1) is 5.92 Å². The Labute approximate surface area is 261 Å². The number of aliphatic hydroxyl groups excluding tert-OH is 6. The molecule has 0 bridgehead atoms. The van der Waals surface area contributed by atoms with Gasteiger partial charge in [0.2, 0.25) is 11.8 Å².